The Kier molecular flexibility index (Phi) is 5.76. The first kappa shape index (κ1) is 18.5. The first-order valence-corrected chi connectivity index (χ1v) is 10.6. The van der Waals surface area contributed by atoms with E-state index in [4.69, 9.17) is 4.74 Å². The number of hydrogen-bond donors (Lipinski definition) is 0. The SMILES string of the molecule is O=C(COc1ccccc1Br)N1CCCC(c2nnc3n2CCCCC3)C1. The summed E-state index contributed by atoms with van der Waals surface area (Å²) in [5.74, 6) is 3.18. The first-order valence-electron chi connectivity index (χ1n) is 9.79. The largest absolute Gasteiger partial charge is 0.483 e. The normalized spacial score (nSPS) is 20.0. The van der Waals surface area contributed by atoms with Gasteiger partial charge in [0, 0.05) is 32.0 Å². The van der Waals surface area contributed by atoms with Gasteiger partial charge in [-0.25, -0.2) is 0 Å². The molecule has 6 nitrogen and oxygen atoms in total. The van der Waals surface area contributed by atoms with Crippen molar-refractivity contribution in [3.63, 3.8) is 0 Å². The van der Waals surface area contributed by atoms with E-state index in [1.165, 1.54) is 19.3 Å². The number of carbonyl (C=O) groups excluding carboxylic acids is 1. The molecule has 3 heterocycles. The maximum atomic E-state index is 12.7. The number of hydrogen-bond acceptors (Lipinski definition) is 4. The van der Waals surface area contributed by atoms with Crippen LogP contribution in [0.25, 0.3) is 0 Å². The predicted octanol–water partition coefficient (Wildman–Crippen LogP) is 3.55. The number of para-hydroxylation sites is 1. The maximum Gasteiger partial charge on any atom is 0.260 e. The van der Waals surface area contributed by atoms with Crippen molar-refractivity contribution in [2.24, 2.45) is 0 Å². The minimum Gasteiger partial charge on any atom is -0.483 e. The Labute approximate surface area is 168 Å². The molecule has 2 aliphatic heterocycles. The van der Waals surface area contributed by atoms with Crippen molar-refractivity contribution in [2.75, 3.05) is 19.7 Å². The summed E-state index contributed by atoms with van der Waals surface area (Å²) in [6.07, 6.45) is 6.71. The molecule has 144 valence electrons. The molecule has 0 radical (unpaired) electrons. The fourth-order valence-electron chi connectivity index (χ4n) is 4.02. The molecule has 7 heteroatoms. The fourth-order valence-corrected chi connectivity index (χ4v) is 4.42. The van der Waals surface area contributed by atoms with Crippen LogP contribution in [0.15, 0.2) is 28.7 Å². The highest BCUT2D eigenvalue weighted by Gasteiger charge is 2.29. The number of amides is 1. The van der Waals surface area contributed by atoms with Crippen LogP contribution in [0.4, 0.5) is 0 Å². The van der Waals surface area contributed by atoms with E-state index in [1.54, 1.807) is 0 Å². The number of carbonyl (C=O) groups is 1. The van der Waals surface area contributed by atoms with Crippen molar-refractivity contribution >= 4 is 21.8 Å². The minimum atomic E-state index is 0.0334. The second-order valence-corrected chi connectivity index (χ2v) is 8.19. The topological polar surface area (TPSA) is 60.2 Å². The monoisotopic (exact) mass is 432 g/mol. The van der Waals surface area contributed by atoms with Gasteiger partial charge >= 0.3 is 0 Å². The standard InChI is InChI=1S/C20H25BrN4O2/c21-16-8-3-4-9-17(16)27-14-19(26)24-11-6-7-15(13-24)20-23-22-18-10-2-1-5-12-25(18)20/h3-4,8-9,15H,1-2,5-7,10-14H2. The molecule has 1 fully saturated rings. The number of piperidine rings is 1. The Morgan fingerprint density at radius 1 is 1.15 bits per heavy atom. The van der Waals surface area contributed by atoms with E-state index in [0.717, 1.165) is 48.5 Å². The zero-order valence-corrected chi connectivity index (χ0v) is 17.0. The molecule has 0 aliphatic carbocycles. The second-order valence-electron chi connectivity index (χ2n) is 7.33. The summed E-state index contributed by atoms with van der Waals surface area (Å²) in [7, 11) is 0. The Morgan fingerprint density at radius 3 is 2.93 bits per heavy atom. The van der Waals surface area contributed by atoms with Crippen LogP contribution in [0.5, 0.6) is 5.75 Å². The summed E-state index contributed by atoms with van der Waals surface area (Å²) >= 11 is 3.45. The van der Waals surface area contributed by atoms with Gasteiger partial charge in [-0.2, -0.15) is 0 Å². The van der Waals surface area contributed by atoms with Crippen molar-refractivity contribution in [3.05, 3.63) is 40.4 Å². The summed E-state index contributed by atoms with van der Waals surface area (Å²) in [5.41, 5.74) is 0. The minimum absolute atomic E-state index is 0.0334. The number of fused-ring (bicyclic) bond motifs is 1. The molecular formula is C20H25BrN4O2. The van der Waals surface area contributed by atoms with Crippen molar-refractivity contribution in [3.8, 4) is 5.75 Å². The molecule has 1 amide bonds. The fraction of sp³-hybridized carbons (Fsp3) is 0.550. The molecular weight excluding hydrogens is 408 g/mol. The number of likely N-dealkylation sites (tertiary alicyclic amines) is 1. The lowest BCUT2D eigenvalue weighted by atomic mass is 9.97. The molecule has 27 heavy (non-hydrogen) atoms. The number of benzene rings is 1. The van der Waals surface area contributed by atoms with Crippen LogP contribution >= 0.6 is 15.9 Å². The molecule has 0 saturated carbocycles. The number of aryl methyl sites for hydroxylation is 1. The van der Waals surface area contributed by atoms with E-state index in [1.807, 2.05) is 29.2 Å². The van der Waals surface area contributed by atoms with E-state index in [9.17, 15) is 4.79 Å². The Bertz CT molecular complexity index is 807. The van der Waals surface area contributed by atoms with Crippen molar-refractivity contribution in [1.29, 1.82) is 0 Å². The van der Waals surface area contributed by atoms with E-state index >= 15 is 0 Å². The van der Waals surface area contributed by atoms with Crippen LogP contribution in [0.2, 0.25) is 0 Å². The van der Waals surface area contributed by atoms with Gasteiger partial charge in [-0.05, 0) is 53.7 Å². The third-order valence-electron chi connectivity index (χ3n) is 5.47. The highest BCUT2D eigenvalue weighted by Crippen LogP contribution is 2.28. The van der Waals surface area contributed by atoms with Crippen LogP contribution in [-0.4, -0.2) is 45.3 Å². The van der Waals surface area contributed by atoms with Gasteiger partial charge in [0.05, 0.1) is 4.47 Å². The van der Waals surface area contributed by atoms with Crippen LogP contribution < -0.4 is 4.74 Å². The van der Waals surface area contributed by atoms with Crippen molar-refractivity contribution in [1.82, 2.24) is 19.7 Å². The van der Waals surface area contributed by atoms with Crippen LogP contribution in [0, 0.1) is 0 Å². The maximum absolute atomic E-state index is 12.7. The van der Waals surface area contributed by atoms with Gasteiger partial charge in [-0.3, -0.25) is 4.79 Å². The molecule has 2 aromatic rings. The van der Waals surface area contributed by atoms with Crippen LogP contribution in [0.3, 0.4) is 0 Å². The Balaban J connectivity index is 1.40. The lowest BCUT2D eigenvalue weighted by Crippen LogP contribution is -2.42. The number of aromatic nitrogens is 3. The quantitative estimate of drug-likeness (QED) is 0.740. The molecule has 4 rings (SSSR count). The van der Waals surface area contributed by atoms with E-state index in [0.29, 0.717) is 12.3 Å². The molecule has 0 bridgehead atoms. The number of ether oxygens (including phenoxy) is 1. The molecule has 0 spiro atoms. The van der Waals surface area contributed by atoms with E-state index in [2.05, 4.69) is 30.7 Å². The number of nitrogens with zero attached hydrogens (tertiary/aromatic N) is 4. The zero-order chi connectivity index (χ0) is 18.6. The zero-order valence-electron chi connectivity index (χ0n) is 15.4. The van der Waals surface area contributed by atoms with Gasteiger partial charge in [0.15, 0.2) is 6.61 Å². The van der Waals surface area contributed by atoms with Gasteiger partial charge in [-0.15, -0.1) is 10.2 Å². The van der Waals surface area contributed by atoms with Gasteiger partial charge in [-0.1, -0.05) is 18.6 Å². The molecule has 1 atom stereocenters. The van der Waals surface area contributed by atoms with Gasteiger partial charge < -0.3 is 14.2 Å². The molecule has 2 aliphatic rings. The molecule has 1 saturated heterocycles. The van der Waals surface area contributed by atoms with Crippen LogP contribution in [0.1, 0.15) is 49.7 Å². The lowest BCUT2D eigenvalue weighted by Gasteiger charge is -2.32. The highest BCUT2D eigenvalue weighted by molar-refractivity contribution is 9.10. The Morgan fingerprint density at radius 2 is 2.04 bits per heavy atom. The van der Waals surface area contributed by atoms with Crippen molar-refractivity contribution in [2.45, 2.75) is 51.0 Å². The van der Waals surface area contributed by atoms with E-state index < -0.39 is 0 Å². The van der Waals surface area contributed by atoms with Crippen LogP contribution in [-0.2, 0) is 17.8 Å². The average Bonchev–Trinajstić information content (AvgIpc) is 2.95. The molecule has 1 unspecified atom stereocenters. The molecule has 0 N–H and O–H groups in total. The summed E-state index contributed by atoms with van der Waals surface area (Å²) in [4.78, 5) is 14.6. The number of halogens is 1. The lowest BCUT2D eigenvalue weighted by molar-refractivity contribution is -0.134. The first-order chi connectivity index (χ1) is 13.2. The summed E-state index contributed by atoms with van der Waals surface area (Å²) < 4.78 is 8.88. The van der Waals surface area contributed by atoms with E-state index in [-0.39, 0.29) is 18.4 Å². The predicted molar refractivity (Wildman–Crippen MR) is 106 cm³/mol. The third kappa shape index (κ3) is 4.18. The smallest absolute Gasteiger partial charge is 0.260 e. The summed E-state index contributed by atoms with van der Waals surface area (Å²) in [6, 6.07) is 7.60. The van der Waals surface area contributed by atoms with Gasteiger partial charge in [0.25, 0.3) is 5.91 Å². The molecule has 1 aromatic carbocycles. The van der Waals surface area contributed by atoms with Gasteiger partial charge in [0.2, 0.25) is 0 Å². The summed E-state index contributed by atoms with van der Waals surface area (Å²) in [5, 5.41) is 8.93. The highest BCUT2D eigenvalue weighted by atomic mass is 79.9. The average molecular weight is 433 g/mol. The third-order valence-corrected chi connectivity index (χ3v) is 6.12. The number of rotatable bonds is 4. The molecule has 1 aromatic heterocycles. The summed E-state index contributed by atoms with van der Waals surface area (Å²) in [6.45, 7) is 2.56. The second kappa shape index (κ2) is 8.42. The van der Waals surface area contributed by atoms with Gasteiger partial charge in [0.1, 0.15) is 17.4 Å². The van der Waals surface area contributed by atoms with Crippen molar-refractivity contribution < 1.29 is 9.53 Å². The Hall–Kier alpha value is -1.89.